The Hall–Kier alpha value is -2.91. The summed E-state index contributed by atoms with van der Waals surface area (Å²) in [7, 11) is 1.22. The van der Waals surface area contributed by atoms with E-state index in [1.165, 1.54) is 14.0 Å². The number of allylic oxidation sites excluding steroid dienone is 2. The van der Waals surface area contributed by atoms with E-state index in [-0.39, 0.29) is 40.9 Å². The molecule has 2 aliphatic heterocycles. The molecule has 142 valence electrons. The van der Waals surface area contributed by atoms with Crippen molar-refractivity contribution in [3.05, 3.63) is 34.1 Å². The number of ketones is 2. The number of phenols is 2. The molecule has 27 heavy (non-hydrogen) atoms. The second-order valence-electron chi connectivity index (χ2n) is 6.84. The van der Waals surface area contributed by atoms with Gasteiger partial charge in [-0.2, -0.15) is 0 Å². The van der Waals surface area contributed by atoms with Gasteiger partial charge in [-0.25, -0.2) is 4.79 Å². The van der Waals surface area contributed by atoms with E-state index in [9.17, 15) is 29.7 Å². The molecule has 9 heteroatoms. The number of benzene rings is 1. The predicted molar refractivity (Wildman–Crippen MR) is 86.6 cm³/mol. The van der Waals surface area contributed by atoms with Crippen LogP contribution in [0.25, 0.3) is 0 Å². The summed E-state index contributed by atoms with van der Waals surface area (Å²) in [5.41, 5.74) is -0.391. The van der Waals surface area contributed by atoms with Crippen LogP contribution in [-0.2, 0) is 25.4 Å². The third kappa shape index (κ3) is 2.35. The van der Waals surface area contributed by atoms with Crippen molar-refractivity contribution < 1.29 is 43.9 Å². The van der Waals surface area contributed by atoms with Crippen LogP contribution in [0.3, 0.4) is 0 Å². The van der Waals surface area contributed by atoms with Gasteiger partial charge in [0.15, 0.2) is 23.4 Å². The highest BCUT2D eigenvalue weighted by Gasteiger charge is 2.50. The third-order valence-electron chi connectivity index (χ3n) is 5.08. The maximum absolute atomic E-state index is 12.6. The minimum atomic E-state index is -1.36. The highest BCUT2D eigenvalue weighted by atomic mass is 16.7. The van der Waals surface area contributed by atoms with E-state index < -0.39 is 47.0 Å². The van der Waals surface area contributed by atoms with Gasteiger partial charge in [-0.05, 0) is 6.92 Å². The van der Waals surface area contributed by atoms with Crippen LogP contribution in [0.1, 0.15) is 51.3 Å². The van der Waals surface area contributed by atoms with Crippen LogP contribution in [-0.4, -0.2) is 51.9 Å². The van der Waals surface area contributed by atoms with Gasteiger partial charge in [0.25, 0.3) is 0 Å². The first-order valence-corrected chi connectivity index (χ1v) is 8.20. The number of carboxylic acid groups (broad SMARTS) is 1. The zero-order chi connectivity index (χ0) is 19.7. The largest absolute Gasteiger partial charge is 0.507 e. The summed E-state index contributed by atoms with van der Waals surface area (Å²) in [5.74, 6) is -5.18. The normalized spacial score (nSPS) is 28.9. The van der Waals surface area contributed by atoms with Gasteiger partial charge in [-0.3, -0.25) is 9.59 Å². The smallest absolute Gasteiger partial charge is 0.333 e. The molecule has 1 aromatic rings. The molecule has 0 aromatic heterocycles. The van der Waals surface area contributed by atoms with Gasteiger partial charge in [0, 0.05) is 30.0 Å². The monoisotopic (exact) mass is 376 g/mol. The Morgan fingerprint density at radius 1 is 1.22 bits per heavy atom. The van der Waals surface area contributed by atoms with Crippen LogP contribution < -0.4 is 0 Å². The van der Waals surface area contributed by atoms with Crippen molar-refractivity contribution in [1.82, 2.24) is 0 Å². The molecule has 0 amide bonds. The van der Waals surface area contributed by atoms with Crippen LogP contribution >= 0.6 is 0 Å². The Morgan fingerprint density at radius 3 is 2.56 bits per heavy atom. The van der Waals surface area contributed by atoms with Crippen LogP contribution in [0.4, 0.5) is 0 Å². The van der Waals surface area contributed by atoms with E-state index in [2.05, 4.69) is 0 Å². The van der Waals surface area contributed by atoms with E-state index >= 15 is 0 Å². The van der Waals surface area contributed by atoms with Gasteiger partial charge in [0.05, 0.1) is 24.3 Å². The minimum Gasteiger partial charge on any atom is -0.507 e. The van der Waals surface area contributed by atoms with E-state index in [1.807, 2.05) is 0 Å². The van der Waals surface area contributed by atoms with Gasteiger partial charge in [0.1, 0.15) is 11.5 Å². The topological polar surface area (TPSA) is 140 Å². The SMILES string of the molecule is COC1=CC(=O)c2c(O)c3c(c(O)c2C1=O)CC1(C)OC3C[C@H](C(=O)O)O1. The van der Waals surface area contributed by atoms with Gasteiger partial charge in [-0.1, -0.05) is 0 Å². The van der Waals surface area contributed by atoms with E-state index in [4.69, 9.17) is 14.2 Å². The Balaban J connectivity index is 1.95. The first-order chi connectivity index (χ1) is 12.7. The molecule has 0 radical (unpaired) electrons. The number of carboxylic acids is 1. The fourth-order valence-corrected chi connectivity index (χ4v) is 3.96. The molecule has 0 saturated carbocycles. The van der Waals surface area contributed by atoms with Crippen molar-refractivity contribution in [2.45, 2.75) is 37.8 Å². The average molecular weight is 376 g/mol. The lowest BCUT2D eigenvalue weighted by Crippen LogP contribution is -2.50. The molecule has 1 saturated heterocycles. The quantitative estimate of drug-likeness (QED) is 0.650. The Bertz CT molecular complexity index is 945. The second kappa shape index (κ2) is 5.54. The summed E-state index contributed by atoms with van der Waals surface area (Å²) in [4.78, 5) is 36.4. The molecule has 2 heterocycles. The molecular weight excluding hydrogens is 360 g/mol. The maximum Gasteiger partial charge on any atom is 0.333 e. The third-order valence-corrected chi connectivity index (χ3v) is 5.08. The molecule has 2 unspecified atom stereocenters. The number of methoxy groups -OCH3 is 1. The fourth-order valence-electron chi connectivity index (χ4n) is 3.96. The molecule has 1 aliphatic carbocycles. The van der Waals surface area contributed by atoms with Crippen LogP contribution in [0, 0.1) is 0 Å². The lowest BCUT2D eigenvalue weighted by Gasteiger charge is -2.46. The molecule has 4 rings (SSSR count). The van der Waals surface area contributed by atoms with Crippen LogP contribution in [0.5, 0.6) is 11.5 Å². The van der Waals surface area contributed by atoms with E-state index in [0.717, 1.165) is 6.08 Å². The Morgan fingerprint density at radius 2 is 1.93 bits per heavy atom. The lowest BCUT2D eigenvalue weighted by molar-refractivity contribution is -0.314. The highest BCUT2D eigenvalue weighted by Crippen LogP contribution is 2.53. The fraction of sp³-hybridized carbons (Fsp3) is 0.389. The number of aliphatic carboxylic acids is 1. The number of aromatic hydroxyl groups is 2. The number of carbonyl (C=O) groups is 3. The second-order valence-corrected chi connectivity index (χ2v) is 6.84. The molecular formula is C18H16O9. The summed E-state index contributed by atoms with van der Waals surface area (Å²) in [6, 6.07) is 0. The van der Waals surface area contributed by atoms with Crippen molar-refractivity contribution in [2.75, 3.05) is 7.11 Å². The number of ether oxygens (including phenoxy) is 3. The number of hydrogen-bond acceptors (Lipinski definition) is 8. The van der Waals surface area contributed by atoms with Crippen molar-refractivity contribution >= 4 is 17.5 Å². The summed E-state index contributed by atoms with van der Waals surface area (Å²) in [5, 5.41) is 30.8. The first-order valence-electron chi connectivity index (χ1n) is 8.20. The molecule has 1 aromatic carbocycles. The van der Waals surface area contributed by atoms with Gasteiger partial charge in [-0.15, -0.1) is 0 Å². The minimum absolute atomic E-state index is 0.105. The van der Waals surface area contributed by atoms with E-state index in [1.54, 1.807) is 0 Å². The van der Waals surface area contributed by atoms with Gasteiger partial charge < -0.3 is 29.5 Å². The number of Topliss-reactive ketones (excluding diaryl/α,β-unsaturated/α-hetero) is 1. The lowest BCUT2D eigenvalue weighted by atomic mass is 9.80. The molecule has 9 nitrogen and oxygen atoms in total. The molecule has 3 N–H and O–H groups in total. The number of fused-ring (bicyclic) bond motifs is 5. The molecule has 0 spiro atoms. The highest BCUT2D eigenvalue weighted by molar-refractivity contribution is 6.26. The summed E-state index contributed by atoms with van der Waals surface area (Å²) >= 11 is 0. The van der Waals surface area contributed by atoms with Crippen molar-refractivity contribution in [2.24, 2.45) is 0 Å². The average Bonchev–Trinajstić information content (AvgIpc) is 2.59. The van der Waals surface area contributed by atoms with E-state index in [0.29, 0.717) is 0 Å². The maximum atomic E-state index is 12.6. The number of rotatable bonds is 2. The van der Waals surface area contributed by atoms with Gasteiger partial charge >= 0.3 is 5.97 Å². The Labute approximate surface area is 152 Å². The van der Waals surface area contributed by atoms with Crippen molar-refractivity contribution in [1.29, 1.82) is 0 Å². The molecule has 2 bridgehead atoms. The van der Waals surface area contributed by atoms with Crippen molar-refractivity contribution in [3.8, 4) is 11.5 Å². The summed E-state index contributed by atoms with van der Waals surface area (Å²) in [6.45, 7) is 1.52. The zero-order valence-corrected chi connectivity index (χ0v) is 14.4. The Kier molecular flexibility index (Phi) is 3.59. The zero-order valence-electron chi connectivity index (χ0n) is 14.4. The molecule has 3 atom stereocenters. The number of carbonyl (C=O) groups excluding carboxylic acids is 2. The summed E-state index contributed by atoms with van der Waals surface area (Å²) in [6.07, 6.45) is -1.38. The van der Waals surface area contributed by atoms with Crippen LogP contribution in [0.2, 0.25) is 0 Å². The standard InChI is InChI=1S/C18H16O9/c1-18-5-6-11(8(26-18)4-10(27-18)17(23)24)16(22)12-7(19)3-9(25-2)15(21)13(12)14(6)20/h3,8,10,20,22H,4-5H2,1-2H3,(H,23,24)/t8?,10-,18?/m1/s1. The van der Waals surface area contributed by atoms with Gasteiger partial charge in [0.2, 0.25) is 5.78 Å². The van der Waals surface area contributed by atoms with Crippen molar-refractivity contribution in [3.63, 3.8) is 0 Å². The molecule has 3 aliphatic rings. The molecule has 1 fully saturated rings. The first kappa shape index (κ1) is 17.5. The number of hydrogen-bond donors (Lipinski definition) is 3. The number of phenolic OH excluding ortho intramolecular Hbond substituents is 2. The summed E-state index contributed by atoms with van der Waals surface area (Å²) < 4.78 is 16.1. The predicted octanol–water partition coefficient (Wildman–Crippen LogP) is 1.21. The van der Waals surface area contributed by atoms with Crippen LogP contribution in [0.15, 0.2) is 11.8 Å².